The van der Waals surface area contributed by atoms with E-state index in [2.05, 4.69) is 5.16 Å². The van der Waals surface area contributed by atoms with Gasteiger partial charge in [-0.25, -0.2) is 4.79 Å². The summed E-state index contributed by atoms with van der Waals surface area (Å²) in [5, 5.41) is 12.4. The molecule has 19 heavy (non-hydrogen) atoms. The minimum Gasteiger partial charge on any atom is -0.493 e. The number of aromatic nitrogens is 1. The van der Waals surface area contributed by atoms with Gasteiger partial charge < -0.3 is 19.1 Å². The Kier molecular flexibility index (Phi) is 3.41. The Morgan fingerprint density at radius 1 is 1.32 bits per heavy atom. The predicted octanol–water partition coefficient (Wildman–Crippen LogP) is 2.37. The fourth-order valence-electron chi connectivity index (χ4n) is 1.83. The number of hydrogen-bond acceptors (Lipinski definition) is 5. The second-order valence-corrected chi connectivity index (χ2v) is 3.87. The first-order chi connectivity index (χ1) is 9.08. The number of rotatable bonds is 4. The van der Waals surface area contributed by atoms with Gasteiger partial charge in [-0.2, -0.15) is 0 Å². The second kappa shape index (κ2) is 5.01. The number of methoxy groups -OCH3 is 2. The van der Waals surface area contributed by atoms with Gasteiger partial charge in [0.2, 0.25) is 0 Å². The van der Waals surface area contributed by atoms with Crippen LogP contribution >= 0.6 is 0 Å². The fraction of sp³-hybridized carbons (Fsp3) is 0.231. The maximum absolute atomic E-state index is 10.8. The highest BCUT2D eigenvalue weighted by Crippen LogP contribution is 2.40. The number of ether oxygens (including phenoxy) is 2. The Balaban J connectivity index is 2.62. The molecular formula is C13H13NO5. The molecule has 0 aliphatic carbocycles. The minimum atomic E-state index is -1.14. The van der Waals surface area contributed by atoms with Crippen LogP contribution in [0.2, 0.25) is 0 Å². The molecule has 0 aliphatic rings. The summed E-state index contributed by atoms with van der Waals surface area (Å²) in [4.78, 5) is 10.8. The lowest BCUT2D eigenvalue weighted by atomic mass is 10.0. The SMILES string of the molecule is COc1ccc(C)c(-c2cc(C(=O)O)no2)c1OC. The lowest BCUT2D eigenvalue weighted by molar-refractivity contribution is 0.0686. The van der Waals surface area contributed by atoms with Crippen LogP contribution in [0.4, 0.5) is 0 Å². The summed E-state index contributed by atoms with van der Waals surface area (Å²) in [6.45, 7) is 1.86. The van der Waals surface area contributed by atoms with E-state index in [0.717, 1.165) is 5.56 Å². The highest BCUT2D eigenvalue weighted by Gasteiger charge is 2.20. The summed E-state index contributed by atoms with van der Waals surface area (Å²) in [5.41, 5.74) is 1.34. The Morgan fingerprint density at radius 2 is 2.05 bits per heavy atom. The monoisotopic (exact) mass is 263 g/mol. The molecule has 0 amide bonds. The van der Waals surface area contributed by atoms with Crippen molar-refractivity contribution in [3.05, 3.63) is 29.5 Å². The largest absolute Gasteiger partial charge is 0.493 e. The van der Waals surface area contributed by atoms with Crippen LogP contribution < -0.4 is 9.47 Å². The van der Waals surface area contributed by atoms with E-state index in [9.17, 15) is 4.79 Å². The summed E-state index contributed by atoms with van der Waals surface area (Å²) in [5.74, 6) is 0.201. The van der Waals surface area contributed by atoms with Crippen LogP contribution in [0.5, 0.6) is 11.5 Å². The number of hydrogen-bond donors (Lipinski definition) is 1. The topological polar surface area (TPSA) is 81.8 Å². The molecule has 1 aromatic heterocycles. The molecule has 0 aliphatic heterocycles. The second-order valence-electron chi connectivity index (χ2n) is 3.87. The molecule has 0 spiro atoms. The van der Waals surface area contributed by atoms with E-state index < -0.39 is 5.97 Å². The third-order valence-electron chi connectivity index (χ3n) is 2.73. The quantitative estimate of drug-likeness (QED) is 0.911. The van der Waals surface area contributed by atoms with Gasteiger partial charge in [-0.05, 0) is 18.6 Å². The van der Waals surface area contributed by atoms with Crippen molar-refractivity contribution in [3.8, 4) is 22.8 Å². The molecule has 0 atom stereocenters. The zero-order valence-corrected chi connectivity index (χ0v) is 10.8. The van der Waals surface area contributed by atoms with Crippen molar-refractivity contribution in [2.75, 3.05) is 14.2 Å². The van der Waals surface area contributed by atoms with Gasteiger partial charge in [0, 0.05) is 6.07 Å². The van der Waals surface area contributed by atoms with E-state index in [1.54, 1.807) is 6.07 Å². The van der Waals surface area contributed by atoms with Crippen molar-refractivity contribution >= 4 is 5.97 Å². The van der Waals surface area contributed by atoms with E-state index in [0.29, 0.717) is 22.8 Å². The summed E-state index contributed by atoms with van der Waals surface area (Å²) >= 11 is 0. The van der Waals surface area contributed by atoms with Crippen molar-refractivity contribution in [2.45, 2.75) is 6.92 Å². The molecular weight excluding hydrogens is 250 g/mol. The van der Waals surface area contributed by atoms with Gasteiger partial charge in [0.05, 0.1) is 19.8 Å². The molecule has 0 bridgehead atoms. The van der Waals surface area contributed by atoms with Crippen molar-refractivity contribution in [3.63, 3.8) is 0 Å². The molecule has 6 heteroatoms. The van der Waals surface area contributed by atoms with Crippen LogP contribution in [-0.2, 0) is 0 Å². The smallest absolute Gasteiger partial charge is 0.358 e. The standard InChI is InChI=1S/C13H13NO5/c1-7-4-5-9(17-2)12(18-3)11(7)10-6-8(13(15)16)14-19-10/h4-6H,1-3H3,(H,15,16). The van der Waals surface area contributed by atoms with E-state index in [4.69, 9.17) is 19.1 Å². The summed E-state index contributed by atoms with van der Waals surface area (Å²) < 4.78 is 15.6. The van der Waals surface area contributed by atoms with Crippen molar-refractivity contribution in [1.82, 2.24) is 5.16 Å². The Hall–Kier alpha value is -2.50. The normalized spacial score (nSPS) is 10.3. The zero-order valence-electron chi connectivity index (χ0n) is 10.8. The van der Waals surface area contributed by atoms with Gasteiger partial charge in [0.1, 0.15) is 0 Å². The van der Waals surface area contributed by atoms with Crippen LogP contribution in [0.3, 0.4) is 0 Å². The number of carboxylic acids is 1. The van der Waals surface area contributed by atoms with Gasteiger partial charge in [-0.1, -0.05) is 11.2 Å². The highest BCUT2D eigenvalue weighted by molar-refractivity contribution is 5.87. The lowest BCUT2D eigenvalue weighted by Gasteiger charge is -2.12. The fourth-order valence-corrected chi connectivity index (χ4v) is 1.83. The number of benzene rings is 1. The Morgan fingerprint density at radius 3 is 2.58 bits per heavy atom. The summed E-state index contributed by atoms with van der Waals surface area (Å²) in [7, 11) is 3.04. The average Bonchev–Trinajstić information content (AvgIpc) is 2.87. The van der Waals surface area contributed by atoms with Crippen LogP contribution in [0.1, 0.15) is 16.1 Å². The maximum Gasteiger partial charge on any atom is 0.358 e. The molecule has 1 N–H and O–H groups in total. The molecule has 1 heterocycles. The van der Waals surface area contributed by atoms with Gasteiger partial charge in [0.15, 0.2) is 23.0 Å². The number of nitrogens with zero attached hydrogens (tertiary/aromatic N) is 1. The molecule has 0 unspecified atom stereocenters. The van der Waals surface area contributed by atoms with Gasteiger partial charge >= 0.3 is 5.97 Å². The van der Waals surface area contributed by atoms with E-state index >= 15 is 0 Å². The van der Waals surface area contributed by atoms with Crippen LogP contribution in [-0.4, -0.2) is 30.5 Å². The van der Waals surface area contributed by atoms with E-state index in [-0.39, 0.29) is 5.69 Å². The molecule has 100 valence electrons. The Bertz CT molecular complexity index is 617. The predicted molar refractivity (Wildman–Crippen MR) is 66.7 cm³/mol. The summed E-state index contributed by atoms with van der Waals surface area (Å²) in [6, 6.07) is 4.96. The van der Waals surface area contributed by atoms with Crippen molar-refractivity contribution in [2.24, 2.45) is 0 Å². The first kappa shape index (κ1) is 12.9. The molecule has 1 aromatic carbocycles. The highest BCUT2D eigenvalue weighted by atomic mass is 16.5. The molecule has 0 radical (unpaired) electrons. The maximum atomic E-state index is 10.8. The van der Waals surface area contributed by atoms with Crippen molar-refractivity contribution < 1.29 is 23.9 Å². The third kappa shape index (κ3) is 2.24. The van der Waals surface area contributed by atoms with Crippen LogP contribution in [0.25, 0.3) is 11.3 Å². The number of carbonyl (C=O) groups is 1. The molecule has 0 fully saturated rings. The minimum absolute atomic E-state index is 0.153. The van der Waals surface area contributed by atoms with Crippen LogP contribution in [0, 0.1) is 6.92 Å². The number of aryl methyl sites for hydroxylation is 1. The molecule has 6 nitrogen and oxygen atoms in total. The van der Waals surface area contributed by atoms with Crippen molar-refractivity contribution in [1.29, 1.82) is 0 Å². The first-order valence-electron chi connectivity index (χ1n) is 5.50. The molecule has 2 rings (SSSR count). The summed E-state index contributed by atoms with van der Waals surface area (Å²) in [6.07, 6.45) is 0. The molecule has 2 aromatic rings. The number of aromatic carboxylic acids is 1. The van der Waals surface area contributed by atoms with Gasteiger partial charge in [-0.3, -0.25) is 0 Å². The zero-order chi connectivity index (χ0) is 14.0. The first-order valence-corrected chi connectivity index (χ1v) is 5.50. The third-order valence-corrected chi connectivity index (χ3v) is 2.73. The molecule has 0 saturated heterocycles. The van der Waals surface area contributed by atoms with Gasteiger partial charge in [0.25, 0.3) is 0 Å². The van der Waals surface area contributed by atoms with Crippen LogP contribution in [0.15, 0.2) is 22.7 Å². The molecule has 0 saturated carbocycles. The Labute approximate surface area is 109 Å². The van der Waals surface area contributed by atoms with Gasteiger partial charge in [-0.15, -0.1) is 0 Å². The lowest BCUT2D eigenvalue weighted by Crippen LogP contribution is -1.96. The van der Waals surface area contributed by atoms with E-state index in [1.807, 2.05) is 13.0 Å². The average molecular weight is 263 g/mol. The van der Waals surface area contributed by atoms with E-state index in [1.165, 1.54) is 20.3 Å². The number of carboxylic acid groups (broad SMARTS) is 1.